The molecule has 1 aliphatic carbocycles. The van der Waals surface area contributed by atoms with E-state index in [1.54, 1.807) is 0 Å². The second-order valence-electron chi connectivity index (χ2n) is 5.74. The minimum absolute atomic E-state index is 0. The third kappa shape index (κ3) is 6.61. The van der Waals surface area contributed by atoms with Gasteiger partial charge in [0.05, 0.1) is 6.20 Å². The fourth-order valence-electron chi connectivity index (χ4n) is 2.68. The van der Waals surface area contributed by atoms with Crippen LogP contribution in [0, 0.1) is 5.92 Å². The highest BCUT2D eigenvalue weighted by molar-refractivity contribution is 7.89. The highest BCUT2D eigenvalue weighted by Gasteiger charge is 2.30. The molecule has 2 atom stereocenters. The molecule has 0 amide bonds. The maximum Gasteiger partial charge on any atom is 0.422 e. The average molecular weight is 404 g/mol. The van der Waals surface area contributed by atoms with Crippen molar-refractivity contribution in [2.24, 2.45) is 11.7 Å². The summed E-state index contributed by atoms with van der Waals surface area (Å²) in [5.41, 5.74) is 5.68. The molecule has 25 heavy (non-hydrogen) atoms. The van der Waals surface area contributed by atoms with Crippen LogP contribution >= 0.6 is 12.4 Å². The third-order valence-electron chi connectivity index (χ3n) is 3.92. The zero-order chi connectivity index (χ0) is 17.8. The highest BCUT2D eigenvalue weighted by atomic mass is 35.5. The van der Waals surface area contributed by atoms with Gasteiger partial charge < -0.3 is 10.5 Å². The molecule has 0 aromatic carbocycles. The van der Waals surface area contributed by atoms with Crippen LogP contribution in [-0.2, 0) is 10.0 Å². The van der Waals surface area contributed by atoms with Crippen molar-refractivity contribution in [3.05, 3.63) is 18.3 Å². The Bertz CT molecular complexity index is 641. The molecule has 1 saturated carbocycles. The molecule has 1 heterocycles. The Labute approximate surface area is 150 Å². The molecule has 2 rings (SSSR count). The molecule has 0 spiro atoms. The van der Waals surface area contributed by atoms with Crippen LogP contribution in [-0.4, -0.2) is 38.8 Å². The molecule has 1 fully saturated rings. The maximum atomic E-state index is 12.4. The Balaban J connectivity index is 0.00000312. The molecule has 144 valence electrons. The second kappa shape index (κ2) is 9.02. The first-order chi connectivity index (χ1) is 11.2. The number of nitrogens with two attached hydrogens (primary N) is 1. The van der Waals surface area contributed by atoms with Crippen molar-refractivity contribution in [3.8, 4) is 5.88 Å². The van der Waals surface area contributed by atoms with E-state index in [2.05, 4.69) is 14.4 Å². The molecule has 1 aromatic heterocycles. The topological polar surface area (TPSA) is 94.3 Å². The molecule has 0 saturated heterocycles. The van der Waals surface area contributed by atoms with E-state index in [1.165, 1.54) is 6.07 Å². The number of alkyl halides is 3. The summed E-state index contributed by atoms with van der Waals surface area (Å²) >= 11 is 0. The lowest BCUT2D eigenvalue weighted by Crippen LogP contribution is -2.44. The molecule has 6 nitrogen and oxygen atoms in total. The first kappa shape index (κ1) is 21.9. The Hall–Kier alpha value is -1.10. The van der Waals surface area contributed by atoms with Gasteiger partial charge >= 0.3 is 6.18 Å². The number of nitrogens with one attached hydrogen (secondary N) is 1. The SMILES string of the molecule is Cl.NCC1CCCCC1NS(=O)(=O)c1ccc(OCC(F)(F)F)nc1. The van der Waals surface area contributed by atoms with Crippen LogP contribution in [0.15, 0.2) is 23.2 Å². The molecule has 0 aliphatic heterocycles. The number of hydrogen-bond donors (Lipinski definition) is 2. The van der Waals surface area contributed by atoms with Gasteiger partial charge in [0.2, 0.25) is 15.9 Å². The predicted molar refractivity (Wildman–Crippen MR) is 88.2 cm³/mol. The number of aromatic nitrogens is 1. The minimum atomic E-state index is -4.48. The van der Waals surface area contributed by atoms with Crippen LogP contribution in [0.4, 0.5) is 13.2 Å². The smallest absolute Gasteiger partial charge is 0.422 e. The van der Waals surface area contributed by atoms with E-state index >= 15 is 0 Å². The van der Waals surface area contributed by atoms with Crippen molar-refractivity contribution < 1.29 is 26.3 Å². The Morgan fingerprint density at radius 3 is 2.52 bits per heavy atom. The lowest BCUT2D eigenvalue weighted by Gasteiger charge is -2.30. The Morgan fingerprint density at radius 2 is 1.96 bits per heavy atom. The standard InChI is InChI=1S/C14H20F3N3O3S.ClH/c15-14(16,17)9-23-13-6-5-11(8-19-13)24(21,22)20-12-4-2-1-3-10(12)7-18;/h5-6,8,10,12,20H,1-4,7,9,18H2;1H. The van der Waals surface area contributed by atoms with Gasteiger partial charge in [0.1, 0.15) is 4.90 Å². The Kier molecular flexibility index (Phi) is 7.91. The number of hydrogen-bond acceptors (Lipinski definition) is 5. The van der Waals surface area contributed by atoms with Gasteiger partial charge in [0, 0.05) is 12.1 Å². The van der Waals surface area contributed by atoms with E-state index in [-0.39, 0.29) is 35.1 Å². The summed E-state index contributed by atoms with van der Waals surface area (Å²) in [6.45, 7) is -1.08. The average Bonchev–Trinajstić information content (AvgIpc) is 2.53. The van der Waals surface area contributed by atoms with Crippen molar-refractivity contribution in [2.45, 2.75) is 42.8 Å². The normalized spacial score (nSPS) is 21.4. The first-order valence-electron chi connectivity index (χ1n) is 7.59. The van der Waals surface area contributed by atoms with E-state index in [0.29, 0.717) is 13.0 Å². The van der Waals surface area contributed by atoms with Crippen molar-refractivity contribution in [2.75, 3.05) is 13.2 Å². The number of nitrogens with zero attached hydrogens (tertiary/aromatic N) is 1. The van der Waals surface area contributed by atoms with Crippen LogP contribution in [0.3, 0.4) is 0 Å². The summed E-state index contributed by atoms with van der Waals surface area (Å²) in [6, 6.07) is 2.03. The van der Waals surface area contributed by atoms with E-state index < -0.39 is 22.8 Å². The Morgan fingerprint density at radius 1 is 1.28 bits per heavy atom. The molecule has 2 unspecified atom stereocenters. The van der Waals surface area contributed by atoms with Gasteiger partial charge in [-0.1, -0.05) is 12.8 Å². The molecule has 0 bridgehead atoms. The summed E-state index contributed by atoms with van der Waals surface area (Å²) in [7, 11) is -3.81. The molecule has 3 N–H and O–H groups in total. The van der Waals surface area contributed by atoms with Crippen LogP contribution in [0.1, 0.15) is 25.7 Å². The van der Waals surface area contributed by atoms with Crippen molar-refractivity contribution in [1.82, 2.24) is 9.71 Å². The van der Waals surface area contributed by atoms with Crippen molar-refractivity contribution >= 4 is 22.4 Å². The van der Waals surface area contributed by atoms with Gasteiger partial charge in [-0.2, -0.15) is 13.2 Å². The number of rotatable bonds is 6. The molecule has 0 radical (unpaired) electrons. The highest BCUT2D eigenvalue weighted by Crippen LogP contribution is 2.25. The largest absolute Gasteiger partial charge is 0.468 e. The lowest BCUT2D eigenvalue weighted by atomic mass is 9.85. The van der Waals surface area contributed by atoms with Crippen LogP contribution in [0.5, 0.6) is 5.88 Å². The lowest BCUT2D eigenvalue weighted by molar-refractivity contribution is -0.154. The quantitative estimate of drug-likeness (QED) is 0.759. The number of pyridine rings is 1. The van der Waals surface area contributed by atoms with Gasteiger partial charge in [-0.15, -0.1) is 12.4 Å². The summed E-state index contributed by atoms with van der Waals surface area (Å²) in [5, 5.41) is 0. The molecule has 11 heteroatoms. The van der Waals surface area contributed by atoms with E-state index in [4.69, 9.17) is 5.73 Å². The zero-order valence-corrected chi connectivity index (χ0v) is 15.0. The summed E-state index contributed by atoms with van der Waals surface area (Å²) in [5.74, 6) is -0.209. The van der Waals surface area contributed by atoms with E-state index in [1.807, 2.05) is 0 Å². The van der Waals surface area contributed by atoms with Gasteiger partial charge in [-0.05, 0) is 31.4 Å². The van der Waals surface area contributed by atoms with E-state index in [9.17, 15) is 21.6 Å². The summed E-state index contributed by atoms with van der Waals surface area (Å²) in [4.78, 5) is 3.49. The molecular weight excluding hydrogens is 383 g/mol. The van der Waals surface area contributed by atoms with Crippen LogP contribution in [0.2, 0.25) is 0 Å². The first-order valence-corrected chi connectivity index (χ1v) is 9.07. The third-order valence-corrected chi connectivity index (χ3v) is 5.40. The van der Waals surface area contributed by atoms with Crippen LogP contribution in [0.25, 0.3) is 0 Å². The number of sulfonamides is 1. The fraction of sp³-hybridized carbons (Fsp3) is 0.643. The molecule has 1 aromatic rings. The molecular formula is C14H21ClF3N3O3S. The summed E-state index contributed by atoms with van der Waals surface area (Å²) < 4.78 is 68.0. The molecule has 1 aliphatic rings. The van der Waals surface area contributed by atoms with Crippen molar-refractivity contribution in [3.63, 3.8) is 0 Å². The van der Waals surface area contributed by atoms with Crippen molar-refractivity contribution in [1.29, 1.82) is 0 Å². The van der Waals surface area contributed by atoms with Gasteiger partial charge in [-0.25, -0.2) is 18.1 Å². The number of halogens is 4. The van der Waals surface area contributed by atoms with E-state index in [0.717, 1.165) is 31.5 Å². The zero-order valence-electron chi connectivity index (χ0n) is 13.3. The fourth-order valence-corrected chi connectivity index (χ4v) is 3.96. The van der Waals surface area contributed by atoms with Gasteiger partial charge in [0.25, 0.3) is 0 Å². The van der Waals surface area contributed by atoms with Gasteiger partial charge in [0.15, 0.2) is 6.61 Å². The van der Waals surface area contributed by atoms with Crippen LogP contribution < -0.4 is 15.2 Å². The summed E-state index contributed by atoms with van der Waals surface area (Å²) in [6.07, 6.45) is 0.0209. The maximum absolute atomic E-state index is 12.4. The number of ether oxygens (including phenoxy) is 1. The second-order valence-corrected chi connectivity index (χ2v) is 7.46. The van der Waals surface area contributed by atoms with Gasteiger partial charge in [-0.3, -0.25) is 0 Å². The monoisotopic (exact) mass is 403 g/mol. The minimum Gasteiger partial charge on any atom is -0.468 e. The predicted octanol–water partition coefficient (Wildman–Crippen LogP) is 2.24.